The van der Waals surface area contributed by atoms with Gasteiger partial charge in [-0.15, -0.1) is 0 Å². The molecule has 1 heterocycles. The van der Waals surface area contributed by atoms with E-state index in [2.05, 4.69) is 0 Å². The zero-order valence-corrected chi connectivity index (χ0v) is 18.9. The van der Waals surface area contributed by atoms with E-state index >= 15 is 0 Å². The molecule has 0 N–H and O–H groups in total. The molecule has 2 aliphatic rings. The molecule has 0 bridgehead atoms. The Balaban J connectivity index is 1.71. The number of carbonyl (C=O) groups is 3. The molecule has 0 atom stereocenters. The van der Waals surface area contributed by atoms with Crippen molar-refractivity contribution < 1.29 is 28.6 Å². The number of rotatable bonds is 9. The third kappa shape index (κ3) is 6.26. The highest BCUT2D eigenvalue weighted by atomic mass is 32.2. The van der Waals surface area contributed by atoms with Crippen LogP contribution < -0.4 is 9.47 Å². The zero-order chi connectivity index (χ0) is 22.2. The Kier molecular flexibility index (Phi) is 8.40. The van der Waals surface area contributed by atoms with Gasteiger partial charge in [0.1, 0.15) is 0 Å². The number of hydrogen-bond donors (Lipinski definition) is 0. The van der Waals surface area contributed by atoms with E-state index in [1.54, 1.807) is 31.2 Å². The molecule has 2 amide bonds. The smallest absolute Gasteiger partial charge is 0.344 e. The fourth-order valence-corrected chi connectivity index (χ4v) is 4.63. The largest absolute Gasteiger partial charge is 0.490 e. The highest BCUT2D eigenvalue weighted by Crippen LogP contribution is 2.36. The van der Waals surface area contributed by atoms with Crippen LogP contribution in [0.4, 0.5) is 4.79 Å². The molecule has 8 heteroatoms. The predicted molar refractivity (Wildman–Crippen MR) is 119 cm³/mol. The molecular weight excluding hydrogens is 418 g/mol. The summed E-state index contributed by atoms with van der Waals surface area (Å²) >= 11 is 0.974. The minimum absolute atomic E-state index is 0.207. The van der Waals surface area contributed by atoms with Crippen molar-refractivity contribution in [1.82, 2.24) is 4.90 Å². The fourth-order valence-electron chi connectivity index (χ4n) is 3.78. The first kappa shape index (κ1) is 23.2. The summed E-state index contributed by atoms with van der Waals surface area (Å²) in [6.45, 7) is 4.57. The zero-order valence-electron chi connectivity index (χ0n) is 18.1. The Bertz CT molecular complexity index is 846. The molecule has 3 rings (SSSR count). The van der Waals surface area contributed by atoms with Gasteiger partial charge in [-0.05, 0) is 68.1 Å². The molecule has 1 aliphatic heterocycles. The summed E-state index contributed by atoms with van der Waals surface area (Å²) in [6.07, 6.45) is 7.42. The maximum absolute atomic E-state index is 12.8. The highest BCUT2D eigenvalue weighted by Gasteiger charge is 2.36. The lowest BCUT2D eigenvalue weighted by Gasteiger charge is -2.25. The Labute approximate surface area is 187 Å². The number of benzene rings is 1. The van der Waals surface area contributed by atoms with E-state index in [-0.39, 0.29) is 24.4 Å². The van der Waals surface area contributed by atoms with Crippen LogP contribution in [0.15, 0.2) is 23.1 Å². The summed E-state index contributed by atoms with van der Waals surface area (Å²) in [4.78, 5) is 38.6. The summed E-state index contributed by atoms with van der Waals surface area (Å²) < 4.78 is 16.0. The second-order valence-corrected chi connectivity index (χ2v) is 8.52. The van der Waals surface area contributed by atoms with Crippen LogP contribution in [-0.4, -0.2) is 48.4 Å². The molecule has 7 nitrogen and oxygen atoms in total. The number of ether oxygens (including phenoxy) is 3. The molecule has 1 aromatic carbocycles. The van der Waals surface area contributed by atoms with Crippen LogP contribution in [0.5, 0.6) is 11.5 Å². The summed E-state index contributed by atoms with van der Waals surface area (Å²) in [5.74, 6) is 0.586. The maximum atomic E-state index is 12.8. The molecule has 1 saturated carbocycles. The van der Waals surface area contributed by atoms with Crippen molar-refractivity contribution in [2.75, 3.05) is 26.4 Å². The van der Waals surface area contributed by atoms with E-state index < -0.39 is 5.97 Å². The normalized spacial score (nSPS) is 18.5. The lowest BCUT2D eigenvalue weighted by atomic mass is 9.89. The van der Waals surface area contributed by atoms with Gasteiger partial charge >= 0.3 is 5.97 Å². The van der Waals surface area contributed by atoms with Crippen molar-refractivity contribution in [3.8, 4) is 11.5 Å². The number of hydrogen-bond acceptors (Lipinski definition) is 7. The first-order valence-corrected chi connectivity index (χ1v) is 11.6. The summed E-state index contributed by atoms with van der Waals surface area (Å²) in [5, 5.41) is -0.207. The van der Waals surface area contributed by atoms with Gasteiger partial charge in [0.2, 0.25) is 0 Å². The average Bonchev–Trinajstić information content (AvgIpc) is 3.02. The monoisotopic (exact) mass is 447 g/mol. The quantitative estimate of drug-likeness (QED) is 0.403. The van der Waals surface area contributed by atoms with E-state index in [9.17, 15) is 14.4 Å². The van der Waals surface area contributed by atoms with E-state index in [4.69, 9.17) is 14.2 Å². The second kappa shape index (κ2) is 11.2. The standard InChI is InChI=1S/C23H29NO6S/c1-3-28-19-12-17(10-11-18(19)30-15-21(25)29-4-2)13-20-22(26)24(23(27)31-20)14-16-8-6-5-7-9-16/h10-13,16H,3-9,14-15H2,1-2H3/b20-13+. The predicted octanol–water partition coefficient (Wildman–Crippen LogP) is 4.64. The number of esters is 1. The van der Waals surface area contributed by atoms with Gasteiger partial charge in [-0.2, -0.15) is 0 Å². The van der Waals surface area contributed by atoms with Crippen LogP contribution in [0.3, 0.4) is 0 Å². The van der Waals surface area contributed by atoms with E-state index in [0.717, 1.165) is 30.2 Å². The van der Waals surface area contributed by atoms with Crippen molar-refractivity contribution >= 4 is 35.0 Å². The van der Waals surface area contributed by atoms with Crippen LogP contribution in [0.25, 0.3) is 6.08 Å². The van der Waals surface area contributed by atoms with Crippen molar-refractivity contribution in [3.05, 3.63) is 28.7 Å². The molecule has 31 heavy (non-hydrogen) atoms. The number of amides is 2. The van der Waals surface area contributed by atoms with E-state index in [0.29, 0.717) is 35.5 Å². The number of carbonyl (C=O) groups excluding carboxylic acids is 3. The fraction of sp³-hybridized carbons (Fsp3) is 0.522. The van der Waals surface area contributed by atoms with Gasteiger partial charge in [0.05, 0.1) is 18.1 Å². The Morgan fingerprint density at radius 3 is 2.58 bits per heavy atom. The molecule has 2 fully saturated rings. The summed E-state index contributed by atoms with van der Waals surface area (Å²) in [6, 6.07) is 5.18. The highest BCUT2D eigenvalue weighted by molar-refractivity contribution is 8.18. The van der Waals surface area contributed by atoms with E-state index in [1.807, 2.05) is 6.92 Å². The maximum Gasteiger partial charge on any atom is 0.344 e. The van der Waals surface area contributed by atoms with Crippen LogP contribution >= 0.6 is 11.8 Å². The number of nitrogens with zero attached hydrogens (tertiary/aromatic N) is 1. The topological polar surface area (TPSA) is 82.1 Å². The van der Waals surface area contributed by atoms with Gasteiger partial charge < -0.3 is 14.2 Å². The molecular formula is C23H29NO6S. The van der Waals surface area contributed by atoms with Crippen LogP contribution in [0.2, 0.25) is 0 Å². The lowest BCUT2D eigenvalue weighted by molar-refractivity contribution is -0.145. The van der Waals surface area contributed by atoms with Crippen molar-refractivity contribution in [1.29, 1.82) is 0 Å². The van der Waals surface area contributed by atoms with Crippen LogP contribution in [0, 0.1) is 5.92 Å². The Morgan fingerprint density at radius 1 is 1.10 bits per heavy atom. The van der Waals surface area contributed by atoms with Crippen LogP contribution in [-0.2, 0) is 14.3 Å². The van der Waals surface area contributed by atoms with Crippen LogP contribution in [0.1, 0.15) is 51.5 Å². The minimum atomic E-state index is -0.458. The molecule has 168 valence electrons. The minimum Gasteiger partial charge on any atom is -0.490 e. The lowest BCUT2D eigenvalue weighted by Crippen LogP contribution is -2.34. The molecule has 1 aliphatic carbocycles. The first-order valence-electron chi connectivity index (χ1n) is 10.8. The van der Waals surface area contributed by atoms with Crippen molar-refractivity contribution in [3.63, 3.8) is 0 Å². The molecule has 0 unspecified atom stereocenters. The van der Waals surface area contributed by atoms with Gasteiger partial charge in [-0.25, -0.2) is 4.79 Å². The number of thioether (sulfide) groups is 1. The molecule has 0 aromatic heterocycles. The Hall–Kier alpha value is -2.48. The number of imide groups is 1. The average molecular weight is 448 g/mol. The van der Waals surface area contributed by atoms with Crippen molar-refractivity contribution in [2.45, 2.75) is 46.0 Å². The van der Waals surface area contributed by atoms with Gasteiger partial charge in [0.15, 0.2) is 18.1 Å². The summed E-state index contributed by atoms with van der Waals surface area (Å²) in [5.41, 5.74) is 0.718. The molecule has 0 radical (unpaired) electrons. The van der Waals surface area contributed by atoms with E-state index in [1.165, 1.54) is 24.2 Å². The SMILES string of the molecule is CCOC(=O)COc1ccc(/C=C2/SC(=O)N(CC3CCCCC3)C2=O)cc1OCC. The van der Waals surface area contributed by atoms with Gasteiger partial charge in [0.25, 0.3) is 11.1 Å². The van der Waals surface area contributed by atoms with Gasteiger partial charge in [-0.3, -0.25) is 14.5 Å². The molecule has 1 aromatic rings. The first-order chi connectivity index (χ1) is 15.0. The van der Waals surface area contributed by atoms with Gasteiger partial charge in [-0.1, -0.05) is 25.3 Å². The second-order valence-electron chi connectivity index (χ2n) is 7.53. The Morgan fingerprint density at radius 2 is 1.87 bits per heavy atom. The third-order valence-corrected chi connectivity index (χ3v) is 6.16. The summed E-state index contributed by atoms with van der Waals surface area (Å²) in [7, 11) is 0. The van der Waals surface area contributed by atoms with Gasteiger partial charge in [0, 0.05) is 6.54 Å². The molecule has 1 saturated heterocycles. The third-order valence-electron chi connectivity index (χ3n) is 5.26. The van der Waals surface area contributed by atoms with Crippen molar-refractivity contribution in [2.24, 2.45) is 5.92 Å². The molecule has 0 spiro atoms.